The Morgan fingerprint density at radius 3 is 1.78 bits per heavy atom. The van der Waals surface area contributed by atoms with Gasteiger partial charge in [-0.05, 0) is 114 Å². The monoisotopic (exact) mass is 1210 g/mol. The van der Waals surface area contributed by atoms with Gasteiger partial charge in [-0.2, -0.15) is 12.1 Å². The Morgan fingerprint density at radius 2 is 1.08 bits per heavy atom. The van der Waals surface area contributed by atoms with Crippen LogP contribution in [0, 0.1) is 12.1 Å². The molecule has 0 radical (unpaired) electrons. The van der Waals surface area contributed by atoms with Crippen molar-refractivity contribution in [3.8, 4) is 45.3 Å². The first-order chi connectivity index (χ1) is 37.5. The zero-order valence-corrected chi connectivity index (χ0v) is 48.4. The number of nitrogens with zero attached hydrogens (tertiary/aromatic N) is 5. The first kappa shape index (κ1) is 51.4. The molecule has 0 amide bonds. The maximum Gasteiger partial charge on any atom is 2.00 e. The average Bonchev–Trinajstić information content (AvgIpc) is 4.25. The largest absolute Gasteiger partial charge is 2.00 e. The molecular formula is C72H61N5OPt+2. The van der Waals surface area contributed by atoms with E-state index in [1.54, 1.807) is 0 Å². The van der Waals surface area contributed by atoms with Gasteiger partial charge in [0.2, 0.25) is 5.69 Å². The summed E-state index contributed by atoms with van der Waals surface area (Å²) in [6, 6.07) is 83.0. The maximum atomic E-state index is 6.87. The Hall–Kier alpha value is -8.40. The van der Waals surface area contributed by atoms with Crippen molar-refractivity contribution in [1.82, 2.24) is 23.3 Å². The van der Waals surface area contributed by atoms with Crippen molar-refractivity contribution >= 4 is 72.4 Å². The minimum Gasteiger partial charge on any atom is -0.509 e. The van der Waals surface area contributed by atoms with Gasteiger partial charge in [-0.1, -0.05) is 182 Å². The molecule has 0 saturated heterocycles. The second-order valence-corrected chi connectivity index (χ2v) is 23.8. The van der Waals surface area contributed by atoms with Crippen LogP contribution in [0.3, 0.4) is 0 Å². The van der Waals surface area contributed by atoms with E-state index in [0.29, 0.717) is 11.5 Å². The standard InChI is InChI=1S/C72H61N5O.Pt/c1-70(2,3)50-36-37-73-68(42-50)77-65-35-32-54(76-63-29-15-13-26-59(63)60-27-14-16-30-64(60)76)44-62(65)61-34-33-57(45-67(61)77)78-56-25-18-24-53(43-56)74-46-75(55-40-51(71(4,5)6)39-52(41-55)72(7,8)9)69-58(28-19-31-66(69)74)49-23-17-22-48(38-49)47-20-11-10-12-21-47;/h10-42,44H,1-9H3;/q;+2. The molecule has 0 aliphatic carbocycles. The molecule has 1 aliphatic heterocycles. The number of rotatable bonds is 8. The van der Waals surface area contributed by atoms with Crippen molar-refractivity contribution in [2.75, 3.05) is 0 Å². The van der Waals surface area contributed by atoms with Gasteiger partial charge in [0.15, 0.2) is 0 Å². The normalized spacial score (nSPS) is 12.7. The SMILES string of the molecule is CC(C)(C)c1cc([N+]2=C=[N+](c3[c-]c(Oc4[c-]c5c(cc4)c4cc(-n6c7ccccc7c7ccccc76)ccc4n5-c4cc(C(C)(C)C)ccn4)ccc3)c3cccc(-c4cccc(-c5ccccc5)c4)c32)cc(C(C)(C)C)c1.[Pt+2]. The van der Waals surface area contributed by atoms with E-state index in [4.69, 9.17) is 9.72 Å². The van der Waals surface area contributed by atoms with Crippen molar-refractivity contribution in [1.29, 1.82) is 0 Å². The fraction of sp³-hybridized carbons (Fsp3) is 0.167. The second kappa shape index (κ2) is 19.5. The Bertz CT molecular complexity index is 4370. The first-order valence-electron chi connectivity index (χ1n) is 27.0. The minimum atomic E-state index is -0.0843. The summed E-state index contributed by atoms with van der Waals surface area (Å²) in [6.45, 7) is 20.5. The first-order valence-corrected chi connectivity index (χ1v) is 27.0. The van der Waals surface area contributed by atoms with Crippen LogP contribution in [-0.2, 0) is 37.3 Å². The second-order valence-electron chi connectivity index (χ2n) is 23.8. The van der Waals surface area contributed by atoms with Crippen LogP contribution < -0.4 is 13.9 Å². The van der Waals surface area contributed by atoms with Gasteiger partial charge in [0, 0.05) is 57.9 Å². The fourth-order valence-electron chi connectivity index (χ4n) is 11.2. The van der Waals surface area contributed by atoms with E-state index in [1.807, 2.05) is 24.4 Å². The van der Waals surface area contributed by atoms with Crippen LogP contribution in [0.25, 0.3) is 77.4 Å². The molecule has 13 rings (SSSR count). The third-order valence-electron chi connectivity index (χ3n) is 15.4. The summed E-state index contributed by atoms with van der Waals surface area (Å²) in [7, 11) is 0. The third kappa shape index (κ3) is 9.23. The number of pyridine rings is 1. The van der Waals surface area contributed by atoms with Crippen LogP contribution in [0.1, 0.15) is 79.0 Å². The summed E-state index contributed by atoms with van der Waals surface area (Å²) in [5.41, 5.74) is 17.3. The van der Waals surface area contributed by atoms with Gasteiger partial charge in [-0.3, -0.25) is 0 Å². The Balaban J connectivity index is 0.00000623. The molecule has 388 valence electrons. The van der Waals surface area contributed by atoms with E-state index in [1.165, 1.54) is 44.1 Å². The molecule has 3 aromatic heterocycles. The molecule has 0 N–H and O–H groups in total. The van der Waals surface area contributed by atoms with Gasteiger partial charge < -0.3 is 13.9 Å². The minimum absolute atomic E-state index is 0. The number of ether oxygens (including phenoxy) is 1. The molecule has 79 heavy (non-hydrogen) atoms. The van der Waals surface area contributed by atoms with E-state index in [-0.39, 0.29) is 37.3 Å². The molecule has 0 fully saturated rings. The molecule has 0 saturated carbocycles. The van der Waals surface area contributed by atoms with E-state index in [9.17, 15) is 0 Å². The maximum absolute atomic E-state index is 6.87. The smallest absolute Gasteiger partial charge is 0.509 e. The van der Waals surface area contributed by atoms with Crippen molar-refractivity contribution in [2.45, 2.75) is 78.6 Å². The summed E-state index contributed by atoms with van der Waals surface area (Å²) in [5, 5.41) is 4.61. The fourth-order valence-corrected chi connectivity index (χ4v) is 11.2. The van der Waals surface area contributed by atoms with Crippen LogP contribution in [-0.4, -0.2) is 20.1 Å². The summed E-state index contributed by atoms with van der Waals surface area (Å²) in [6.07, 6.45) is 1.92. The number of para-hydroxylation sites is 3. The van der Waals surface area contributed by atoms with Crippen LogP contribution in [0.4, 0.5) is 22.7 Å². The molecule has 7 heteroatoms. The third-order valence-corrected chi connectivity index (χ3v) is 15.4. The number of fused-ring (bicyclic) bond motifs is 7. The van der Waals surface area contributed by atoms with E-state index >= 15 is 0 Å². The van der Waals surface area contributed by atoms with E-state index in [2.05, 4.69) is 281 Å². The summed E-state index contributed by atoms with van der Waals surface area (Å²) in [5.74, 6) is 1.96. The van der Waals surface area contributed by atoms with Gasteiger partial charge in [-0.15, -0.1) is 23.6 Å². The molecule has 0 atom stereocenters. The molecule has 0 bridgehead atoms. The number of benzene rings is 9. The molecule has 4 heterocycles. The predicted molar refractivity (Wildman–Crippen MR) is 325 cm³/mol. The number of hydrogen-bond acceptors (Lipinski definition) is 2. The molecular weight excluding hydrogens is 1150 g/mol. The van der Waals surface area contributed by atoms with Gasteiger partial charge in [0.1, 0.15) is 11.5 Å². The predicted octanol–water partition coefficient (Wildman–Crippen LogP) is 18.7. The topological polar surface area (TPSA) is 38.0 Å². The van der Waals surface area contributed by atoms with E-state index in [0.717, 1.165) is 72.8 Å². The number of hydrogen-bond donors (Lipinski definition) is 0. The average molecular weight is 1210 g/mol. The van der Waals surface area contributed by atoms with Gasteiger partial charge in [0.05, 0.1) is 16.6 Å². The Morgan fingerprint density at radius 1 is 0.456 bits per heavy atom. The Kier molecular flexibility index (Phi) is 12.7. The van der Waals surface area contributed by atoms with Crippen molar-refractivity contribution in [2.24, 2.45) is 0 Å². The quantitative estimate of drug-likeness (QED) is 0.112. The van der Waals surface area contributed by atoms with Crippen molar-refractivity contribution < 1.29 is 25.8 Å². The molecule has 9 aromatic carbocycles. The molecule has 6 nitrogen and oxygen atoms in total. The molecule has 12 aromatic rings. The zero-order valence-electron chi connectivity index (χ0n) is 46.1. The number of aromatic nitrogens is 3. The van der Waals surface area contributed by atoms with Crippen molar-refractivity contribution in [3.63, 3.8) is 0 Å². The molecule has 0 spiro atoms. The summed E-state index contributed by atoms with van der Waals surface area (Å²) < 4.78 is 15.9. The van der Waals surface area contributed by atoms with Crippen LogP contribution in [0.15, 0.2) is 206 Å². The molecule has 1 aliphatic rings. The zero-order chi connectivity index (χ0) is 53.7. The van der Waals surface area contributed by atoms with Crippen LogP contribution in [0.2, 0.25) is 0 Å². The van der Waals surface area contributed by atoms with Gasteiger partial charge in [0.25, 0.3) is 5.69 Å². The summed E-state index contributed by atoms with van der Waals surface area (Å²) >= 11 is 0. The van der Waals surface area contributed by atoms with Gasteiger partial charge >= 0.3 is 32.8 Å². The van der Waals surface area contributed by atoms with Crippen LogP contribution >= 0.6 is 0 Å². The summed E-state index contributed by atoms with van der Waals surface area (Å²) in [4.78, 5) is 5.02. The molecule has 0 unspecified atom stereocenters. The van der Waals surface area contributed by atoms with Crippen molar-refractivity contribution in [3.05, 3.63) is 235 Å². The van der Waals surface area contributed by atoms with Gasteiger partial charge in [-0.25, -0.2) is 4.98 Å². The van der Waals surface area contributed by atoms with E-state index < -0.39 is 0 Å². The Labute approximate surface area is 477 Å². The van der Waals surface area contributed by atoms with Crippen LogP contribution in [0.5, 0.6) is 11.5 Å².